The van der Waals surface area contributed by atoms with Gasteiger partial charge in [0.1, 0.15) is 0 Å². The van der Waals surface area contributed by atoms with Gasteiger partial charge in [-0.3, -0.25) is 19.7 Å². The molecule has 0 aromatic carbocycles. The minimum Gasteiger partial charge on any atom is -0.368 e. The van der Waals surface area contributed by atoms with Crippen LogP contribution >= 0.6 is 0 Å². The summed E-state index contributed by atoms with van der Waals surface area (Å²) in [5.41, 5.74) is 3.77. The van der Waals surface area contributed by atoms with Crippen LogP contribution in [-0.2, 0) is 14.4 Å². The van der Waals surface area contributed by atoms with Crippen molar-refractivity contribution < 1.29 is 14.4 Å². The molecule has 2 atom stereocenters. The third-order valence-electron chi connectivity index (χ3n) is 2.89. The Morgan fingerprint density at radius 2 is 2.29 bits per heavy atom. The van der Waals surface area contributed by atoms with Gasteiger partial charge >= 0.3 is 0 Å². The Morgan fingerprint density at radius 1 is 1.57 bits per heavy atom. The Bertz CT molecular complexity index is 361. The normalized spacial score (nSPS) is 35.3. The van der Waals surface area contributed by atoms with E-state index in [2.05, 4.69) is 5.32 Å². The number of allylic oxidation sites excluding steroid dienone is 1. The summed E-state index contributed by atoms with van der Waals surface area (Å²) in [6.45, 7) is 0. The van der Waals surface area contributed by atoms with Crippen molar-refractivity contribution in [2.24, 2.45) is 17.1 Å². The number of hydrogen-bond acceptors (Lipinski definition) is 3. The third-order valence-corrected chi connectivity index (χ3v) is 2.89. The van der Waals surface area contributed by atoms with E-state index in [1.165, 1.54) is 6.08 Å². The van der Waals surface area contributed by atoms with Crippen LogP contribution in [0.3, 0.4) is 0 Å². The second-order valence-corrected chi connectivity index (χ2v) is 3.58. The highest BCUT2D eigenvalue weighted by Crippen LogP contribution is 2.40. The second-order valence-electron chi connectivity index (χ2n) is 3.58. The molecule has 0 aromatic rings. The van der Waals surface area contributed by atoms with Crippen LogP contribution in [0.4, 0.5) is 0 Å². The van der Waals surface area contributed by atoms with Gasteiger partial charge in [0.2, 0.25) is 17.7 Å². The molecule has 2 unspecified atom stereocenters. The summed E-state index contributed by atoms with van der Waals surface area (Å²) in [4.78, 5) is 34.1. The lowest BCUT2D eigenvalue weighted by Crippen LogP contribution is -2.46. The Kier molecular flexibility index (Phi) is 1.70. The summed E-state index contributed by atoms with van der Waals surface area (Å²) in [7, 11) is 0. The first-order valence-corrected chi connectivity index (χ1v) is 4.42. The minimum atomic E-state index is -1.42. The SMILES string of the molecule is NC(=O)C12C=CCCC1C(=O)NC2=O. The zero-order valence-corrected chi connectivity index (χ0v) is 7.45. The molecule has 1 fully saturated rings. The summed E-state index contributed by atoms with van der Waals surface area (Å²) < 4.78 is 0. The van der Waals surface area contributed by atoms with E-state index in [1.54, 1.807) is 6.08 Å². The van der Waals surface area contributed by atoms with Gasteiger partial charge in [-0.1, -0.05) is 12.2 Å². The number of fused-ring (bicyclic) bond motifs is 1. The lowest BCUT2D eigenvalue weighted by molar-refractivity contribution is -0.138. The van der Waals surface area contributed by atoms with Crippen molar-refractivity contribution in [3.8, 4) is 0 Å². The van der Waals surface area contributed by atoms with Gasteiger partial charge in [0.15, 0.2) is 5.41 Å². The Morgan fingerprint density at radius 3 is 2.86 bits per heavy atom. The number of nitrogens with one attached hydrogen (secondary N) is 1. The van der Waals surface area contributed by atoms with Gasteiger partial charge in [-0.15, -0.1) is 0 Å². The van der Waals surface area contributed by atoms with Crippen LogP contribution in [-0.4, -0.2) is 17.7 Å². The summed E-state index contributed by atoms with van der Waals surface area (Å²) in [5, 5.41) is 2.15. The van der Waals surface area contributed by atoms with Crippen molar-refractivity contribution in [2.75, 3.05) is 0 Å². The topological polar surface area (TPSA) is 89.3 Å². The molecule has 3 N–H and O–H groups in total. The molecule has 14 heavy (non-hydrogen) atoms. The highest BCUT2D eigenvalue weighted by molar-refractivity contribution is 6.19. The zero-order chi connectivity index (χ0) is 10.3. The maximum atomic E-state index is 11.5. The molecule has 2 aliphatic rings. The predicted octanol–water partition coefficient (Wildman–Crippen LogP) is -0.919. The smallest absolute Gasteiger partial charge is 0.246 e. The highest BCUT2D eigenvalue weighted by atomic mass is 16.2. The zero-order valence-electron chi connectivity index (χ0n) is 7.45. The second kappa shape index (κ2) is 2.67. The number of primary amides is 1. The van der Waals surface area contributed by atoms with Crippen molar-refractivity contribution in [2.45, 2.75) is 12.8 Å². The molecule has 1 aliphatic heterocycles. The predicted molar refractivity (Wildman–Crippen MR) is 46.6 cm³/mol. The van der Waals surface area contributed by atoms with E-state index in [9.17, 15) is 14.4 Å². The molecule has 1 saturated heterocycles. The van der Waals surface area contributed by atoms with Crippen molar-refractivity contribution >= 4 is 17.7 Å². The first kappa shape index (κ1) is 8.93. The molecular weight excluding hydrogens is 184 g/mol. The van der Waals surface area contributed by atoms with E-state index in [0.717, 1.165) is 0 Å². The average Bonchev–Trinajstić information content (AvgIpc) is 2.41. The molecule has 0 spiro atoms. The van der Waals surface area contributed by atoms with Crippen molar-refractivity contribution in [3.63, 3.8) is 0 Å². The molecule has 0 bridgehead atoms. The van der Waals surface area contributed by atoms with Gasteiger partial charge in [0, 0.05) is 0 Å². The van der Waals surface area contributed by atoms with Crippen LogP contribution < -0.4 is 11.1 Å². The largest absolute Gasteiger partial charge is 0.368 e. The van der Waals surface area contributed by atoms with Gasteiger partial charge < -0.3 is 5.73 Å². The lowest BCUT2D eigenvalue weighted by atomic mass is 9.71. The van der Waals surface area contributed by atoms with Crippen LogP contribution in [0.5, 0.6) is 0 Å². The molecular formula is C9H10N2O3. The number of carbonyl (C=O) groups excluding carboxylic acids is 3. The molecule has 5 nitrogen and oxygen atoms in total. The molecule has 74 valence electrons. The van der Waals surface area contributed by atoms with Gasteiger partial charge in [-0.2, -0.15) is 0 Å². The maximum Gasteiger partial charge on any atom is 0.246 e. The Labute approximate surface area is 80.3 Å². The van der Waals surface area contributed by atoms with Gasteiger partial charge in [0.05, 0.1) is 5.92 Å². The minimum absolute atomic E-state index is 0.391. The standard InChI is InChI=1S/C9H10N2O3/c10-7(13)9-4-2-1-3-5(9)6(12)11-8(9)14/h2,4-5H,1,3H2,(H2,10,13)(H,11,12,14). The number of hydrogen-bond donors (Lipinski definition) is 2. The fraction of sp³-hybridized carbons (Fsp3) is 0.444. The number of carbonyl (C=O) groups is 3. The summed E-state index contributed by atoms with van der Waals surface area (Å²) in [6, 6.07) is 0. The maximum absolute atomic E-state index is 11.5. The lowest BCUT2D eigenvalue weighted by Gasteiger charge is -2.27. The fourth-order valence-corrected chi connectivity index (χ4v) is 2.12. The molecule has 0 saturated carbocycles. The van der Waals surface area contributed by atoms with Crippen LogP contribution in [0.1, 0.15) is 12.8 Å². The van der Waals surface area contributed by atoms with E-state index >= 15 is 0 Å². The van der Waals surface area contributed by atoms with Gasteiger partial charge in [-0.25, -0.2) is 0 Å². The third kappa shape index (κ3) is 0.865. The van der Waals surface area contributed by atoms with E-state index in [4.69, 9.17) is 5.73 Å². The molecule has 0 aromatic heterocycles. The van der Waals surface area contributed by atoms with E-state index in [1.807, 2.05) is 0 Å². The quantitative estimate of drug-likeness (QED) is 0.321. The Balaban J connectivity index is 2.55. The number of imide groups is 1. The summed E-state index contributed by atoms with van der Waals surface area (Å²) in [5.74, 6) is -2.34. The molecule has 1 aliphatic carbocycles. The van der Waals surface area contributed by atoms with Gasteiger partial charge in [-0.05, 0) is 12.8 Å². The Hall–Kier alpha value is -1.65. The first-order chi connectivity index (χ1) is 6.59. The average molecular weight is 194 g/mol. The van der Waals surface area contributed by atoms with Gasteiger partial charge in [0.25, 0.3) is 0 Å². The van der Waals surface area contributed by atoms with E-state index in [-0.39, 0.29) is 0 Å². The van der Waals surface area contributed by atoms with Crippen molar-refractivity contribution in [3.05, 3.63) is 12.2 Å². The highest BCUT2D eigenvalue weighted by Gasteiger charge is 2.58. The monoisotopic (exact) mass is 194 g/mol. The molecule has 1 heterocycles. The van der Waals surface area contributed by atoms with Crippen LogP contribution in [0.25, 0.3) is 0 Å². The van der Waals surface area contributed by atoms with Crippen LogP contribution in [0.2, 0.25) is 0 Å². The summed E-state index contributed by atoms with van der Waals surface area (Å²) >= 11 is 0. The molecule has 2 rings (SSSR count). The van der Waals surface area contributed by atoms with Crippen molar-refractivity contribution in [1.82, 2.24) is 5.32 Å². The summed E-state index contributed by atoms with van der Waals surface area (Å²) in [6.07, 6.45) is 4.38. The van der Waals surface area contributed by atoms with Crippen LogP contribution in [0, 0.1) is 11.3 Å². The molecule has 3 amide bonds. The van der Waals surface area contributed by atoms with E-state index in [0.29, 0.717) is 12.8 Å². The molecule has 5 heteroatoms. The number of rotatable bonds is 1. The number of nitrogens with two attached hydrogens (primary N) is 1. The fourth-order valence-electron chi connectivity index (χ4n) is 2.12. The van der Waals surface area contributed by atoms with Crippen molar-refractivity contribution in [1.29, 1.82) is 0 Å². The first-order valence-electron chi connectivity index (χ1n) is 4.42. The van der Waals surface area contributed by atoms with Crippen LogP contribution in [0.15, 0.2) is 12.2 Å². The van der Waals surface area contributed by atoms with E-state index < -0.39 is 29.1 Å². The molecule has 0 radical (unpaired) electrons. The number of amides is 3.